The van der Waals surface area contributed by atoms with Gasteiger partial charge in [-0.1, -0.05) is 18.1 Å². The summed E-state index contributed by atoms with van der Waals surface area (Å²) in [5.41, 5.74) is 2.34. The summed E-state index contributed by atoms with van der Waals surface area (Å²) in [6, 6.07) is 4.05. The van der Waals surface area contributed by atoms with E-state index >= 15 is 0 Å². The summed E-state index contributed by atoms with van der Waals surface area (Å²) in [4.78, 5) is 19.4. The van der Waals surface area contributed by atoms with E-state index in [1.54, 1.807) is 6.20 Å². The molecule has 0 radical (unpaired) electrons. The second-order valence-corrected chi connectivity index (χ2v) is 6.18. The van der Waals surface area contributed by atoms with Crippen LogP contribution in [0.4, 0.5) is 0 Å². The zero-order valence-corrected chi connectivity index (χ0v) is 12.7. The first-order chi connectivity index (χ1) is 10.8. The van der Waals surface area contributed by atoms with Gasteiger partial charge in [0.2, 0.25) is 0 Å². The van der Waals surface area contributed by atoms with Crippen molar-refractivity contribution >= 4 is 5.91 Å². The average Bonchev–Trinajstić information content (AvgIpc) is 3.10. The van der Waals surface area contributed by atoms with Crippen LogP contribution >= 0.6 is 0 Å². The fourth-order valence-corrected chi connectivity index (χ4v) is 4.12. The van der Waals surface area contributed by atoms with E-state index in [2.05, 4.69) is 16.2 Å². The fourth-order valence-electron chi connectivity index (χ4n) is 4.12. The predicted molar refractivity (Wildman–Crippen MR) is 80.2 cm³/mol. The number of nitrogens with zero attached hydrogens (tertiary/aromatic N) is 3. The summed E-state index contributed by atoms with van der Waals surface area (Å²) in [6.07, 6.45) is 9.15. The van der Waals surface area contributed by atoms with Crippen molar-refractivity contribution in [3.05, 3.63) is 47.6 Å². The summed E-state index contributed by atoms with van der Waals surface area (Å²) in [6.45, 7) is 2.79. The van der Waals surface area contributed by atoms with Crippen molar-refractivity contribution in [3.8, 4) is 0 Å². The van der Waals surface area contributed by atoms with Gasteiger partial charge in [-0.25, -0.2) is 0 Å². The summed E-state index contributed by atoms with van der Waals surface area (Å²) < 4.78 is 5.03. The molecule has 2 aromatic rings. The molecule has 1 aliphatic heterocycles. The fraction of sp³-hybridized carbons (Fsp3) is 0.471. The van der Waals surface area contributed by atoms with Crippen LogP contribution < -0.4 is 0 Å². The van der Waals surface area contributed by atoms with Gasteiger partial charge in [-0.2, -0.15) is 0 Å². The van der Waals surface area contributed by atoms with E-state index < -0.39 is 0 Å². The molecule has 114 valence electrons. The number of hydrogen-bond donors (Lipinski definition) is 0. The van der Waals surface area contributed by atoms with Crippen LogP contribution in [0.2, 0.25) is 0 Å². The maximum Gasteiger partial charge on any atom is 0.259 e. The number of carbonyl (C=O) groups is 1. The van der Waals surface area contributed by atoms with Gasteiger partial charge in [-0.15, -0.1) is 0 Å². The average molecular weight is 297 g/mol. The maximum atomic E-state index is 13.1. The first kappa shape index (κ1) is 13.5. The van der Waals surface area contributed by atoms with Crippen molar-refractivity contribution in [3.63, 3.8) is 0 Å². The van der Waals surface area contributed by atoms with Crippen LogP contribution in [0.1, 0.15) is 47.8 Å². The van der Waals surface area contributed by atoms with Crippen LogP contribution in [-0.4, -0.2) is 27.5 Å². The highest BCUT2D eigenvalue weighted by Gasteiger charge is 2.57. The van der Waals surface area contributed by atoms with Gasteiger partial charge in [-0.05, 0) is 43.2 Å². The lowest BCUT2D eigenvalue weighted by atomic mass is 9.64. The Morgan fingerprint density at radius 3 is 3.09 bits per heavy atom. The Morgan fingerprint density at radius 1 is 1.50 bits per heavy atom. The zero-order chi connectivity index (χ0) is 15.2. The van der Waals surface area contributed by atoms with E-state index in [1.165, 1.54) is 12.7 Å². The Labute approximate surface area is 129 Å². The van der Waals surface area contributed by atoms with Crippen molar-refractivity contribution in [1.29, 1.82) is 0 Å². The van der Waals surface area contributed by atoms with Gasteiger partial charge < -0.3 is 9.42 Å². The van der Waals surface area contributed by atoms with Gasteiger partial charge in [-0.3, -0.25) is 9.78 Å². The lowest BCUT2D eigenvalue weighted by Crippen LogP contribution is -2.53. The molecular formula is C17H19N3O2. The van der Waals surface area contributed by atoms with E-state index in [9.17, 15) is 4.79 Å². The number of amides is 1. The third-order valence-corrected chi connectivity index (χ3v) is 5.35. The number of aryl methyl sites for hydroxylation is 1. The Kier molecular flexibility index (Phi) is 3.03. The molecule has 5 heteroatoms. The van der Waals surface area contributed by atoms with Crippen LogP contribution in [0, 0.1) is 5.92 Å². The number of pyridine rings is 1. The minimum atomic E-state index is -0.173. The molecule has 0 spiro atoms. The SMILES string of the molecule is CCc1nocc1C(=O)N1CC[C@@H]2CC[C@@]21c1cccnc1. The molecule has 2 aromatic heterocycles. The molecule has 0 N–H and O–H groups in total. The number of aromatic nitrogens is 2. The maximum absolute atomic E-state index is 13.1. The van der Waals surface area contributed by atoms with Crippen LogP contribution in [0.25, 0.3) is 0 Å². The molecule has 1 saturated carbocycles. The summed E-state index contributed by atoms with van der Waals surface area (Å²) in [5, 5.41) is 3.95. The number of fused-ring (bicyclic) bond motifs is 1. The molecular weight excluding hydrogens is 278 g/mol. The molecule has 2 fully saturated rings. The Bertz CT molecular complexity index is 697. The third kappa shape index (κ3) is 1.68. The van der Waals surface area contributed by atoms with Gasteiger partial charge in [0.1, 0.15) is 11.8 Å². The van der Waals surface area contributed by atoms with Crippen molar-refractivity contribution in [2.45, 2.75) is 38.1 Å². The molecule has 1 amide bonds. The number of carbonyl (C=O) groups excluding carboxylic acids is 1. The summed E-state index contributed by atoms with van der Waals surface area (Å²) in [7, 11) is 0. The van der Waals surface area contributed by atoms with Gasteiger partial charge in [0.25, 0.3) is 5.91 Å². The minimum absolute atomic E-state index is 0.0455. The van der Waals surface area contributed by atoms with Crippen LogP contribution in [-0.2, 0) is 12.0 Å². The second kappa shape index (κ2) is 4.93. The molecule has 2 aliphatic rings. The second-order valence-electron chi connectivity index (χ2n) is 6.18. The van der Waals surface area contributed by atoms with Crippen molar-refractivity contribution < 1.29 is 9.32 Å². The third-order valence-electron chi connectivity index (χ3n) is 5.35. The molecule has 3 heterocycles. The van der Waals surface area contributed by atoms with E-state index in [1.807, 2.05) is 24.1 Å². The topological polar surface area (TPSA) is 59.2 Å². The lowest BCUT2D eigenvalue weighted by Gasteiger charge is -2.50. The standard InChI is InChI=1S/C17H19N3O2/c1-2-15-14(11-22-19-15)16(21)20-9-6-12-5-7-17(12,20)13-4-3-8-18-10-13/h3-4,8,10-12H,2,5-7,9H2,1H3/t12-,17-/m0/s1. The van der Waals surface area contributed by atoms with Gasteiger partial charge in [0, 0.05) is 18.9 Å². The Balaban J connectivity index is 1.74. The van der Waals surface area contributed by atoms with Crippen LogP contribution in [0.3, 0.4) is 0 Å². The van der Waals surface area contributed by atoms with E-state index in [0.29, 0.717) is 17.9 Å². The monoisotopic (exact) mass is 297 g/mol. The Hall–Kier alpha value is -2.17. The highest BCUT2D eigenvalue weighted by molar-refractivity contribution is 5.96. The van der Waals surface area contributed by atoms with Crippen LogP contribution in [0.5, 0.6) is 0 Å². The predicted octanol–water partition coefficient (Wildman–Crippen LogP) is 2.78. The van der Waals surface area contributed by atoms with Gasteiger partial charge in [0.15, 0.2) is 0 Å². The lowest BCUT2D eigenvalue weighted by molar-refractivity contribution is 0.0141. The van der Waals surface area contributed by atoms with E-state index in [-0.39, 0.29) is 11.4 Å². The normalized spacial score (nSPS) is 26.6. The van der Waals surface area contributed by atoms with Crippen molar-refractivity contribution in [2.75, 3.05) is 6.54 Å². The molecule has 0 aromatic carbocycles. The van der Waals surface area contributed by atoms with E-state index in [4.69, 9.17) is 4.52 Å². The molecule has 2 atom stereocenters. The Morgan fingerprint density at radius 2 is 2.41 bits per heavy atom. The molecule has 1 saturated heterocycles. The van der Waals surface area contributed by atoms with Crippen molar-refractivity contribution in [1.82, 2.24) is 15.0 Å². The molecule has 5 nitrogen and oxygen atoms in total. The smallest absolute Gasteiger partial charge is 0.259 e. The van der Waals surface area contributed by atoms with E-state index in [0.717, 1.165) is 30.6 Å². The minimum Gasteiger partial charge on any atom is -0.364 e. The number of likely N-dealkylation sites (tertiary alicyclic amines) is 1. The number of hydrogen-bond acceptors (Lipinski definition) is 4. The largest absolute Gasteiger partial charge is 0.364 e. The first-order valence-corrected chi connectivity index (χ1v) is 7.93. The number of rotatable bonds is 3. The quantitative estimate of drug-likeness (QED) is 0.874. The van der Waals surface area contributed by atoms with Gasteiger partial charge >= 0.3 is 0 Å². The molecule has 4 rings (SSSR count). The summed E-state index contributed by atoms with van der Waals surface area (Å²) in [5.74, 6) is 0.592. The highest BCUT2D eigenvalue weighted by Crippen LogP contribution is 2.57. The molecule has 0 bridgehead atoms. The first-order valence-electron chi connectivity index (χ1n) is 7.93. The van der Waals surface area contributed by atoms with Crippen LogP contribution in [0.15, 0.2) is 35.3 Å². The summed E-state index contributed by atoms with van der Waals surface area (Å²) >= 11 is 0. The zero-order valence-electron chi connectivity index (χ0n) is 12.7. The van der Waals surface area contributed by atoms with Gasteiger partial charge in [0.05, 0.1) is 11.2 Å². The molecule has 1 aliphatic carbocycles. The molecule has 22 heavy (non-hydrogen) atoms. The van der Waals surface area contributed by atoms with Crippen molar-refractivity contribution in [2.24, 2.45) is 5.92 Å². The highest BCUT2D eigenvalue weighted by atomic mass is 16.5. The molecule has 0 unspecified atom stereocenters.